The van der Waals surface area contributed by atoms with Crippen LogP contribution < -0.4 is 5.32 Å². The molecule has 88 valence electrons. The lowest BCUT2D eigenvalue weighted by molar-refractivity contribution is -0.100. The van der Waals surface area contributed by atoms with Crippen molar-refractivity contribution in [3.63, 3.8) is 0 Å². The van der Waals surface area contributed by atoms with Gasteiger partial charge in [0.2, 0.25) is 0 Å². The summed E-state index contributed by atoms with van der Waals surface area (Å²) in [5, 5.41) is 3.73. The summed E-state index contributed by atoms with van der Waals surface area (Å²) in [6.45, 7) is 7.69. The predicted molar refractivity (Wildman–Crippen MR) is 63.0 cm³/mol. The van der Waals surface area contributed by atoms with E-state index in [0.29, 0.717) is 5.41 Å². The van der Waals surface area contributed by atoms with Crippen LogP contribution in [0.25, 0.3) is 0 Å². The van der Waals surface area contributed by atoms with E-state index < -0.39 is 0 Å². The average molecular weight is 211 g/mol. The molecule has 1 heterocycles. The minimum Gasteiger partial charge on any atom is -0.380 e. The molecule has 2 heteroatoms. The maximum Gasteiger partial charge on any atom is 0.0554 e. The minimum absolute atomic E-state index is 0.432. The van der Waals surface area contributed by atoms with Crippen LogP contribution in [0.3, 0.4) is 0 Å². The van der Waals surface area contributed by atoms with Crippen LogP contribution in [0.15, 0.2) is 0 Å². The molecule has 1 saturated carbocycles. The molecular weight excluding hydrogens is 186 g/mol. The molecule has 0 unspecified atom stereocenters. The quantitative estimate of drug-likeness (QED) is 0.771. The van der Waals surface area contributed by atoms with Gasteiger partial charge in [-0.05, 0) is 31.6 Å². The van der Waals surface area contributed by atoms with Crippen LogP contribution in [0.2, 0.25) is 0 Å². The number of hydrogen-bond donors (Lipinski definition) is 1. The maximum absolute atomic E-state index is 5.27. The summed E-state index contributed by atoms with van der Waals surface area (Å²) in [5.74, 6) is 1.01. The molecule has 0 aromatic rings. The van der Waals surface area contributed by atoms with Crippen LogP contribution in [-0.2, 0) is 4.74 Å². The molecule has 1 saturated heterocycles. The van der Waals surface area contributed by atoms with Crippen molar-refractivity contribution in [2.75, 3.05) is 19.8 Å². The summed E-state index contributed by atoms with van der Waals surface area (Å²) in [6.07, 6.45) is 7.01. The molecule has 0 radical (unpaired) electrons. The van der Waals surface area contributed by atoms with Crippen LogP contribution in [0.4, 0.5) is 0 Å². The van der Waals surface area contributed by atoms with E-state index in [1.807, 2.05) is 0 Å². The Bertz CT molecular complexity index is 193. The molecule has 0 amide bonds. The Balaban J connectivity index is 1.64. The lowest BCUT2D eigenvalue weighted by Gasteiger charge is -2.40. The topological polar surface area (TPSA) is 21.3 Å². The van der Waals surface area contributed by atoms with E-state index in [1.54, 1.807) is 0 Å². The van der Waals surface area contributed by atoms with E-state index in [4.69, 9.17) is 4.74 Å². The first kappa shape index (κ1) is 11.4. The van der Waals surface area contributed by atoms with E-state index in [9.17, 15) is 0 Å². The summed E-state index contributed by atoms with van der Waals surface area (Å²) in [7, 11) is 0. The molecule has 0 bridgehead atoms. The van der Waals surface area contributed by atoms with Gasteiger partial charge in [0.05, 0.1) is 13.2 Å². The third-order valence-corrected chi connectivity index (χ3v) is 4.14. The number of ether oxygens (including phenoxy) is 1. The molecular formula is C13H25NO. The van der Waals surface area contributed by atoms with Gasteiger partial charge in [-0.25, -0.2) is 0 Å². The van der Waals surface area contributed by atoms with E-state index in [-0.39, 0.29) is 0 Å². The summed E-state index contributed by atoms with van der Waals surface area (Å²) in [6, 6.07) is 0.783. The van der Waals surface area contributed by atoms with Gasteiger partial charge < -0.3 is 10.1 Å². The van der Waals surface area contributed by atoms with Crippen molar-refractivity contribution in [3.8, 4) is 0 Å². The largest absolute Gasteiger partial charge is 0.380 e. The van der Waals surface area contributed by atoms with Crippen molar-refractivity contribution >= 4 is 0 Å². The summed E-state index contributed by atoms with van der Waals surface area (Å²) in [4.78, 5) is 0. The van der Waals surface area contributed by atoms with Crippen molar-refractivity contribution in [2.24, 2.45) is 11.3 Å². The predicted octanol–water partition coefficient (Wildman–Crippen LogP) is 2.58. The van der Waals surface area contributed by atoms with E-state index in [1.165, 1.54) is 32.1 Å². The van der Waals surface area contributed by atoms with E-state index >= 15 is 0 Å². The van der Waals surface area contributed by atoms with Gasteiger partial charge in [0.25, 0.3) is 0 Å². The molecule has 2 fully saturated rings. The van der Waals surface area contributed by atoms with Crippen molar-refractivity contribution in [1.82, 2.24) is 5.32 Å². The fraction of sp³-hybridized carbons (Fsp3) is 1.00. The lowest BCUT2D eigenvalue weighted by atomic mass is 9.83. The van der Waals surface area contributed by atoms with Crippen LogP contribution in [0.1, 0.15) is 46.0 Å². The van der Waals surface area contributed by atoms with Gasteiger partial charge in [0.1, 0.15) is 0 Å². The van der Waals surface area contributed by atoms with Crippen molar-refractivity contribution in [2.45, 2.75) is 52.0 Å². The highest BCUT2D eigenvalue weighted by molar-refractivity contribution is 4.85. The fourth-order valence-electron chi connectivity index (χ4n) is 2.72. The zero-order valence-electron chi connectivity index (χ0n) is 10.2. The Hall–Kier alpha value is -0.0800. The summed E-state index contributed by atoms with van der Waals surface area (Å²) < 4.78 is 5.27. The SMILES string of the molecule is CCC1CCC(NCC2(C)COC2)CC1. The normalized spacial score (nSPS) is 34.8. The smallest absolute Gasteiger partial charge is 0.0554 e. The molecule has 1 aliphatic heterocycles. The summed E-state index contributed by atoms with van der Waals surface area (Å²) in [5.41, 5.74) is 0.432. The lowest BCUT2D eigenvalue weighted by Crippen LogP contribution is -2.50. The third-order valence-electron chi connectivity index (χ3n) is 4.14. The number of nitrogens with one attached hydrogen (secondary N) is 1. The van der Waals surface area contributed by atoms with Gasteiger partial charge >= 0.3 is 0 Å². The molecule has 0 atom stereocenters. The Kier molecular flexibility index (Phi) is 3.68. The van der Waals surface area contributed by atoms with Crippen LogP contribution >= 0.6 is 0 Å². The highest BCUT2D eigenvalue weighted by Crippen LogP contribution is 2.29. The zero-order valence-corrected chi connectivity index (χ0v) is 10.2. The second kappa shape index (κ2) is 4.84. The zero-order chi connectivity index (χ0) is 10.7. The highest BCUT2D eigenvalue weighted by atomic mass is 16.5. The second-order valence-corrected chi connectivity index (χ2v) is 5.81. The molecule has 2 rings (SSSR count). The Morgan fingerprint density at radius 2 is 1.87 bits per heavy atom. The van der Waals surface area contributed by atoms with E-state index in [0.717, 1.165) is 31.7 Å². The Morgan fingerprint density at radius 3 is 2.33 bits per heavy atom. The maximum atomic E-state index is 5.27. The third kappa shape index (κ3) is 2.94. The molecule has 1 N–H and O–H groups in total. The second-order valence-electron chi connectivity index (χ2n) is 5.81. The molecule has 2 aliphatic rings. The Labute approximate surface area is 93.8 Å². The highest BCUT2D eigenvalue weighted by Gasteiger charge is 2.33. The number of rotatable bonds is 4. The molecule has 0 spiro atoms. The number of hydrogen-bond acceptors (Lipinski definition) is 2. The van der Waals surface area contributed by atoms with Gasteiger partial charge in [0, 0.05) is 18.0 Å². The van der Waals surface area contributed by atoms with Crippen molar-refractivity contribution in [3.05, 3.63) is 0 Å². The molecule has 0 aromatic carbocycles. The first-order chi connectivity index (χ1) is 7.22. The van der Waals surface area contributed by atoms with Crippen molar-refractivity contribution in [1.29, 1.82) is 0 Å². The average Bonchev–Trinajstić information content (AvgIpc) is 2.24. The van der Waals surface area contributed by atoms with Crippen LogP contribution in [0, 0.1) is 11.3 Å². The van der Waals surface area contributed by atoms with Crippen molar-refractivity contribution < 1.29 is 4.74 Å². The molecule has 2 nitrogen and oxygen atoms in total. The van der Waals surface area contributed by atoms with E-state index in [2.05, 4.69) is 19.2 Å². The van der Waals surface area contributed by atoms with Crippen LogP contribution in [-0.4, -0.2) is 25.8 Å². The standard InChI is InChI=1S/C13H25NO/c1-3-11-4-6-12(7-5-11)14-8-13(2)9-15-10-13/h11-12,14H,3-10H2,1-2H3. The molecule has 15 heavy (non-hydrogen) atoms. The Morgan fingerprint density at radius 1 is 1.20 bits per heavy atom. The summed E-state index contributed by atoms with van der Waals surface area (Å²) >= 11 is 0. The first-order valence-electron chi connectivity index (χ1n) is 6.53. The fourth-order valence-corrected chi connectivity index (χ4v) is 2.72. The minimum atomic E-state index is 0.432. The molecule has 0 aromatic heterocycles. The monoisotopic (exact) mass is 211 g/mol. The van der Waals surface area contributed by atoms with Gasteiger partial charge in [-0.15, -0.1) is 0 Å². The van der Waals surface area contributed by atoms with Gasteiger partial charge in [-0.2, -0.15) is 0 Å². The van der Waals surface area contributed by atoms with Gasteiger partial charge in [-0.3, -0.25) is 0 Å². The first-order valence-corrected chi connectivity index (χ1v) is 6.53. The van der Waals surface area contributed by atoms with Gasteiger partial charge in [-0.1, -0.05) is 20.3 Å². The van der Waals surface area contributed by atoms with Gasteiger partial charge in [0.15, 0.2) is 0 Å². The molecule has 1 aliphatic carbocycles. The van der Waals surface area contributed by atoms with Crippen LogP contribution in [0.5, 0.6) is 0 Å².